The van der Waals surface area contributed by atoms with E-state index in [0.29, 0.717) is 30.2 Å². The highest BCUT2D eigenvalue weighted by Gasteiger charge is 2.53. The van der Waals surface area contributed by atoms with Gasteiger partial charge in [0.25, 0.3) is 5.69 Å². The number of nitro benzene ring substituents is 1. The number of fused-ring (bicyclic) bond motifs is 1. The molecule has 3 rings (SSSR count). The van der Waals surface area contributed by atoms with Crippen LogP contribution in [0.4, 0.5) is 11.4 Å². The third-order valence-corrected chi connectivity index (χ3v) is 5.09. The lowest BCUT2D eigenvalue weighted by Gasteiger charge is -2.47. The predicted molar refractivity (Wildman–Crippen MR) is 110 cm³/mol. The van der Waals surface area contributed by atoms with Crippen LogP contribution in [0.5, 0.6) is 11.5 Å². The highest BCUT2D eigenvalue weighted by atomic mass is 16.7. The number of phenols is 1. The van der Waals surface area contributed by atoms with Crippen LogP contribution in [0.15, 0.2) is 42.5 Å². The summed E-state index contributed by atoms with van der Waals surface area (Å²) in [5, 5.41) is 35.9. The van der Waals surface area contributed by atoms with Crippen molar-refractivity contribution in [3.8, 4) is 11.5 Å². The maximum atomic E-state index is 11.3. The second kappa shape index (κ2) is 8.86. The largest absolute Gasteiger partial charge is 0.506 e. The van der Waals surface area contributed by atoms with Crippen molar-refractivity contribution in [3.05, 3.63) is 58.1 Å². The Morgan fingerprint density at radius 2 is 1.90 bits per heavy atom. The first-order valence-electron chi connectivity index (χ1n) is 9.75. The Morgan fingerprint density at radius 3 is 2.50 bits per heavy atom. The van der Waals surface area contributed by atoms with Crippen molar-refractivity contribution in [2.75, 3.05) is 18.5 Å². The number of nitro groups is 1. The lowest BCUT2D eigenvalue weighted by Crippen LogP contribution is -2.61. The molecule has 0 aromatic heterocycles. The van der Waals surface area contributed by atoms with Gasteiger partial charge in [-0.3, -0.25) is 10.1 Å². The second-order valence-corrected chi connectivity index (χ2v) is 7.09. The van der Waals surface area contributed by atoms with Gasteiger partial charge in [0.15, 0.2) is 11.9 Å². The number of hydrogen-bond donors (Lipinski definition) is 3. The van der Waals surface area contributed by atoms with Crippen LogP contribution in [0.2, 0.25) is 0 Å². The zero-order valence-electron chi connectivity index (χ0n) is 17.1. The van der Waals surface area contributed by atoms with Gasteiger partial charge in [-0.25, -0.2) is 0 Å². The number of rotatable bonds is 8. The molecule has 0 unspecified atom stereocenters. The van der Waals surface area contributed by atoms with E-state index in [2.05, 4.69) is 5.32 Å². The number of anilines is 1. The molecule has 9 heteroatoms. The van der Waals surface area contributed by atoms with Gasteiger partial charge in [-0.15, -0.1) is 0 Å². The minimum absolute atomic E-state index is 0.0176. The quantitative estimate of drug-likeness (QED) is 0.258. The van der Waals surface area contributed by atoms with E-state index in [9.17, 15) is 20.3 Å². The highest BCUT2D eigenvalue weighted by molar-refractivity contribution is 5.59. The van der Waals surface area contributed by atoms with Gasteiger partial charge < -0.3 is 29.7 Å². The summed E-state index contributed by atoms with van der Waals surface area (Å²) in [5.41, 5.74) is -0.697. The number of aliphatic hydroxyl groups excluding tert-OH is 1. The number of hydrogen-bond acceptors (Lipinski definition) is 8. The Balaban J connectivity index is 2.10. The number of aliphatic hydroxyl groups is 1. The number of non-ortho nitro benzene ring substituents is 1. The Morgan fingerprint density at radius 1 is 1.23 bits per heavy atom. The normalized spacial score (nSPS) is 23.0. The van der Waals surface area contributed by atoms with Crippen molar-refractivity contribution in [2.24, 2.45) is 0 Å². The van der Waals surface area contributed by atoms with Crippen molar-refractivity contribution >= 4 is 11.4 Å². The summed E-state index contributed by atoms with van der Waals surface area (Å²) in [6.45, 7) is 5.94. The second-order valence-electron chi connectivity index (χ2n) is 7.09. The third kappa shape index (κ3) is 4.04. The van der Waals surface area contributed by atoms with Crippen LogP contribution in [-0.2, 0) is 9.47 Å². The van der Waals surface area contributed by atoms with Crippen LogP contribution in [0, 0.1) is 10.1 Å². The fourth-order valence-electron chi connectivity index (χ4n) is 3.57. The van der Waals surface area contributed by atoms with Crippen molar-refractivity contribution in [1.82, 2.24) is 0 Å². The molecule has 3 N–H and O–H groups in total. The van der Waals surface area contributed by atoms with Gasteiger partial charge in [-0.2, -0.15) is 0 Å². The smallest absolute Gasteiger partial charge is 0.270 e. The molecule has 0 aliphatic carbocycles. The SMILES string of the molecule is CCOC(OCC)[C@@]1(C)Oc2ccc([N+](=O)[O-])cc2[C@@H](Nc2ccccc2O)[C@@H]1O. The molecule has 162 valence electrons. The molecule has 1 heterocycles. The van der Waals surface area contributed by atoms with Crippen molar-refractivity contribution in [3.63, 3.8) is 0 Å². The zero-order chi connectivity index (χ0) is 21.9. The fraction of sp³-hybridized carbons (Fsp3) is 0.429. The number of aromatic hydroxyl groups is 1. The molecule has 30 heavy (non-hydrogen) atoms. The molecule has 1 aliphatic heterocycles. The molecular weight excluding hydrogens is 392 g/mol. The molecule has 2 aromatic carbocycles. The average molecular weight is 418 g/mol. The number of para-hydroxylation sites is 2. The van der Waals surface area contributed by atoms with E-state index in [0.717, 1.165) is 0 Å². The van der Waals surface area contributed by atoms with Gasteiger partial charge >= 0.3 is 0 Å². The van der Waals surface area contributed by atoms with Crippen LogP contribution >= 0.6 is 0 Å². The van der Waals surface area contributed by atoms with Crippen LogP contribution in [0.1, 0.15) is 32.4 Å². The number of benzene rings is 2. The maximum Gasteiger partial charge on any atom is 0.270 e. The van der Waals surface area contributed by atoms with Crippen LogP contribution in [0.3, 0.4) is 0 Å². The molecule has 0 bridgehead atoms. The Labute approximate surface area is 174 Å². The van der Waals surface area contributed by atoms with Crippen LogP contribution in [0.25, 0.3) is 0 Å². The standard InChI is InChI=1S/C21H26N2O7/c1-4-28-20(29-5-2)21(3)19(25)18(22-15-8-6-7-9-16(15)24)14-12-13(23(26)27)10-11-17(14)30-21/h6-12,18-20,22,24-25H,4-5H2,1-3H3/t18-,19+,21+/m1/s1. The van der Waals surface area contributed by atoms with Gasteiger partial charge in [-0.1, -0.05) is 12.1 Å². The minimum atomic E-state index is -1.32. The molecule has 0 amide bonds. The van der Waals surface area contributed by atoms with E-state index in [1.807, 2.05) is 0 Å². The van der Waals surface area contributed by atoms with Crippen LogP contribution in [-0.4, -0.2) is 46.3 Å². The van der Waals surface area contributed by atoms with Gasteiger partial charge in [-0.05, 0) is 39.0 Å². The molecule has 9 nitrogen and oxygen atoms in total. The van der Waals surface area contributed by atoms with Gasteiger partial charge in [0, 0.05) is 30.9 Å². The van der Waals surface area contributed by atoms with E-state index in [4.69, 9.17) is 14.2 Å². The van der Waals surface area contributed by atoms with E-state index < -0.39 is 29.0 Å². The highest BCUT2D eigenvalue weighted by Crippen LogP contribution is 2.45. The van der Waals surface area contributed by atoms with Crippen molar-refractivity contribution in [2.45, 2.75) is 44.8 Å². The van der Waals surface area contributed by atoms with Crippen LogP contribution < -0.4 is 10.1 Å². The minimum Gasteiger partial charge on any atom is -0.506 e. The van der Waals surface area contributed by atoms with Gasteiger partial charge in [0.2, 0.25) is 0 Å². The number of ether oxygens (including phenoxy) is 3. The topological polar surface area (TPSA) is 123 Å². The molecule has 0 radical (unpaired) electrons. The van der Waals surface area contributed by atoms with E-state index in [1.54, 1.807) is 39.0 Å². The summed E-state index contributed by atoms with van der Waals surface area (Å²) >= 11 is 0. The molecule has 1 aliphatic rings. The molecular formula is C21H26N2O7. The summed E-state index contributed by atoms with van der Waals surface area (Å²) in [5.74, 6) is 0.335. The summed E-state index contributed by atoms with van der Waals surface area (Å²) < 4.78 is 17.5. The summed E-state index contributed by atoms with van der Waals surface area (Å²) in [6.07, 6.45) is -2.12. The molecule has 3 atom stereocenters. The first-order valence-corrected chi connectivity index (χ1v) is 9.75. The number of phenolic OH excluding ortho intramolecular Hbond substituents is 1. The van der Waals surface area contributed by atoms with Gasteiger partial charge in [0.05, 0.1) is 16.7 Å². The first kappa shape index (κ1) is 21.8. The van der Waals surface area contributed by atoms with E-state index in [1.165, 1.54) is 24.3 Å². The summed E-state index contributed by atoms with van der Waals surface area (Å²) in [6, 6.07) is 9.89. The molecule has 0 saturated heterocycles. The predicted octanol–water partition coefficient (Wildman–Crippen LogP) is 3.36. The molecule has 0 saturated carbocycles. The Hall–Kier alpha value is -2.88. The fourth-order valence-corrected chi connectivity index (χ4v) is 3.57. The summed E-state index contributed by atoms with van der Waals surface area (Å²) in [7, 11) is 0. The number of nitrogens with one attached hydrogen (secondary N) is 1. The lowest BCUT2D eigenvalue weighted by molar-refractivity contribution is -0.385. The van der Waals surface area contributed by atoms with Crippen molar-refractivity contribution < 1.29 is 29.3 Å². The Kier molecular flexibility index (Phi) is 6.45. The number of nitrogens with zero attached hydrogens (tertiary/aromatic N) is 1. The maximum absolute atomic E-state index is 11.3. The summed E-state index contributed by atoms with van der Waals surface area (Å²) in [4.78, 5) is 10.8. The molecule has 0 fully saturated rings. The average Bonchev–Trinajstić information content (AvgIpc) is 2.72. The molecule has 2 aromatic rings. The van der Waals surface area contributed by atoms with Crippen molar-refractivity contribution in [1.29, 1.82) is 0 Å². The molecule has 0 spiro atoms. The third-order valence-electron chi connectivity index (χ3n) is 5.09. The van der Waals surface area contributed by atoms with E-state index >= 15 is 0 Å². The Bertz CT molecular complexity index is 901. The van der Waals surface area contributed by atoms with Gasteiger partial charge in [0.1, 0.15) is 17.6 Å². The monoisotopic (exact) mass is 418 g/mol. The first-order chi connectivity index (χ1) is 14.3. The lowest BCUT2D eigenvalue weighted by atomic mass is 9.84. The zero-order valence-corrected chi connectivity index (χ0v) is 17.1. The van der Waals surface area contributed by atoms with E-state index in [-0.39, 0.29) is 11.4 Å².